The van der Waals surface area contributed by atoms with E-state index >= 15 is 0 Å². The molecule has 0 saturated heterocycles. The molecule has 0 amide bonds. The molecule has 0 aromatic heterocycles. The Kier molecular flexibility index (Phi) is 7.40. The minimum absolute atomic E-state index is 0.0371. The molecule has 0 bridgehead atoms. The maximum atomic E-state index is 13.7. The molecule has 3 aromatic carbocycles. The highest BCUT2D eigenvalue weighted by atomic mass is 35.5. The lowest BCUT2D eigenvalue weighted by Crippen LogP contribution is -2.03. The molecule has 32 heavy (non-hydrogen) atoms. The number of allylic oxidation sites excluding steroid dienone is 1. The Morgan fingerprint density at radius 2 is 1.66 bits per heavy atom. The van der Waals surface area contributed by atoms with Crippen molar-refractivity contribution in [2.24, 2.45) is 0 Å². The van der Waals surface area contributed by atoms with Crippen LogP contribution in [0.3, 0.4) is 0 Å². The number of nitro groups is 1. The number of nitro benzene ring substituents is 1. The number of carboxylic acid groups (broad SMARTS) is 1. The molecule has 0 aliphatic heterocycles. The lowest BCUT2D eigenvalue weighted by atomic mass is 10.1. The Labute approximate surface area is 191 Å². The maximum absolute atomic E-state index is 13.7. The zero-order chi connectivity index (χ0) is 23.3. The van der Waals surface area contributed by atoms with E-state index in [1.807, 2.05) is 12.1 Å². The fraction of sp³-hybridized carbons (Fsp3) is 0.0435. The average Bonchev–Trinajstić information content (AvgIpc) is 2.78. The molecule has 162 valence electrons. The van der Waals surface area contributed by atoms with Gasteiger partial charge < -0.3 is 5.11 Å². The zero-order valence-electron chi connectivity index (χ0n) is 16.3. The smallest absolute Gasteiger partial charge is 0.335 e. The molecule has 0 heterocycles. The fourth-order valence-corrected chi connectivity index (χ4v) is 3.84. The number of ketones is 1. The number of Topliss-reactive ketones (excluding diaryl/α,β-unsaturated/α-hetero) is 1. The number of hydrogen-bond acceptors (Lipinski definition) is 5. The summed E-state index contributed by atoms with van der Waals surface area (Å²) in [5, 5.41) is 20.7. The van der Waals surface area contributed by atoms with E-state index in [1.165, 1.54) is 48.2 Å². The first-order valence-corrected chi connectivity index (χ1v) is 10.5. The average molecular weight is 472 g/mol. The Hall–Kier alpha value is -3.49. The van der Waals surface area contributed by atoms with E-state index < -0.39 is 28.2 Å². The summed E-state index contributed by atoms with van der Waals surface area (Å²) < 4.78 is 13.7. The molecular formula is C23H15ClFNO5S. The van der Waals surface area contributed by atoms with Crippen LogP contribution in [0, 0.1) is 15.9 Å². The van der Waals surface area contributed by atoms with Crippen LogP contribution < -0.4 is 0 Å². The Balaban J connectivity index is 1.96. The summed E-state index contributed by atoms with van der Waals surface area (Å²) in [5.74, 6) is -2.08. The molecule has 0 saturated carbocycles. The van der Waals surface area contributed by atoms with Crippen LogP contribution in [0.1, 0.15) is 31.8 Å². The second-order valence-electron chi connectivity index (χ2n) is 6.60. The number of rotatable bonds is 8. The van der Waals surface area contributed by atoms with Crippen LogP contribution in [0.4, 0.5) is 10.1 Å². The highest BCUT2D eigenvalue weighted by Gasteiger charge is 2.17. The minimum Gasteiger partial charge on any atom is -0.478 e. The number of benzene rings is 3. The number of carbonyl (C=O) groups excluding carboxylic acids is 1. The number of carboxylic acids is 1. The van der Waals surface area contributed by atoms with Gasteiger partial charge in [0.1, 0.15) is 0 Å². The van der Waals surface area contributed by atoms with Crippen molar-refractivity contribution in [3.8, 4) is 0 Å². The monoisotopic (exact) mass is 471 g/mol. The van der Waals surface area contributed by atoms with Crippen molar-refractivity contribution in [2.75, 3.05) is 0 Å². The molecule has 9 heteroatoms. The summed E-state index contributed by atoms with van der Waals surface area (Å²) in [6.45, 7) is 0. The van der Waals surface area contributed by atoms with Gasteiger partial charge in [0.25, 0.3) is 0 Å². The molecule has 0 aliphatic carbocycles. The van der Waals surface area contributed by atoms with Gasteiger partial charge in [-0.25, -0.2) is 4.79 Å². The SMILES string of the molecule is O=C(O)c1ccc(C(=O)/C(=C\c2ccc(F)c([N+](=O)[O-])c2)SCc2ccc(Cl)cc2)cc1. The number of hydrogen-bond donors (Lipinski definition) is 1. The third-order valence-electron chi connectivity index (χ3n) is 4.39. The quantitative estimate of drug-likeness (QED) is 0.181. The van der Waals surface area contributed by atoms with Gasteiger partial charge >= 0.3 is 11.7 Å². The number of nitrogens with zero attached hydrogens (tertiary/aromatic N) is 1. The largest absolute Gasteiger partial charge is 0.478 e. The van der Waals surface area contributed by atoms with Gasteiger partial charge in [0.2, 0.25) is 5.82 Å². The minimum atomic E-state index is -1.12. The highest BCUT2D eigenvalue weighted by molar-refractivity contribution is 8.03. The van der Waals surface area contributed by atoms with Crippen LogP contribution in [0.25, 0.3) is 6.08 Å². The van der Waals surface area contributed by atoms with Gasteiger partial charge in [0, 0.05) is 22.4 Å². The van der Waals surface area contributed by atoms with Crippen LogP contribution >= 0.6 is 23.4 Å². The molecule has 6 nitrogen and oxygen atoms in total. The summed E-state index contributed by atoms with van der Waals surface area (Å²) in [7, 11) is 0. The van der Waals surface area contributed by atoms with E-state index in [0.717, 1.165) is 17.7 Å². The molecule has 0 spiro atoms. The van der Waals surface area contributed by atoms with Gasteiger partial charge in [-0.05, 0) is 47.5 Å². The number of aromatic carboxylic acids is 1. The van der Waals surface area contributed by atoms with Crippen molar-refractivity contribution in [3.05, 3.63) is 115 Å². The molecule has 3 aromatic rings. The fourth-order valence-electron chi connectivity index (χ4n) is 2.73. The predicted octanol–water partition coefficient (Wildman–Crippen LogP) is 6.24. The highest BCUT2D eigenvalue weighted by Crippen LogP contribution is 2.29. The Morgan fingerprint density at radius 3 is 2.25 bits per heavy atom. The van der Waals surface area contributed by atoms with Crippen LogP contribution in [0.5, 0.6) is 0 Å². The molecule has 0 radical (unpaired) electrons. The first-order chi connectivity index (χ1) is 15.2. The normalized spacial score (nSPS) is 11.2. The number of thioether (sulfide) groups is 1. The van der Waals surface area contributed by atoms with Gasteiger partial charge in [-0.2, -0.15) is 4.39 Å². The van der Waals surface area contributed by atoms with Gasteiger partial charge in [0.15, 0.2) is 5.78 Å². The van der Waals surface area contributed by atoms with Gasteiger partial charge in [-0.1, -0.05) is 41.9 Å². The van der Waals surface area contributed by atoms with Crippen molar-refractivity contribution in [1.29, 1.82) is 0 Å². The molecular weight excluding hydrogens is 457 g/mol. The summed E-state index contributed by atoms with van der Waals surface area (Å²) in [6, 6.07) is 15.9. The van der Waals surface area contributed by atoms with Gasteiger partial charge in [0.05, 0.1) is 15.4 Å². The van der Waals surface area contributed by atoms with E-state index in [1.54, 1.807) is 12.1 Å². The second kappa shape index (κ2) is 10.2. The standard InChI is InChI=1S/C23H15ClFNO5S/c24-18-8-1-14(2-9-18)13-32-21(12-15-3-10-19(25)20(11-15)26(30)31)22(27)16-4-6-17(7-5-16)23(28)29/h1-12H,13H2,(H,28,29)/b21-12+. The Morgan fingerprint density at radius 1 is 1.03 bits per heavy atom. The summed E-state index contributed by atoms with van der Waals surface area (Å²) in [4.78, 5) is 34.7. The third kappa shape index (κ3) is 5.81. The van der Waals surface area contributed by atoms with Crippen LogP contribution in [0.15, 0.2) is 71.6 Å². The molecule has 0 unspecified atom stereocenters. The lowest BCUT2D eigenvalue weighted by Gasteiger charge is -2.08. The van der Waals surface area contributed by atoms with Crippen molar-refractivity contribution >= 4 is 46.9 Å². The first-order valence-electron chi connectivity index (χ1n) is 9.15. The molecule has 0 fully saturated rings. The van der Waals surface area contributed by atoms with E-state index in [-0.39, 0.29) is 21.6 Å². The van der Waals surface area contributed by atoms with E-state index in [4.69, 9.17) is 16.7 Å². The zero-order valence-corrected chi connectivity index (χ0v) is 17.9. The topological polar surface area (TPSA) is 97.5 Å². The lowest BCUT2D eigenvalue weighted by molar-refractivity contribution is -0.387. The second-order valence-corrected chi connectivity index (χ2v) is 8.06. The summed E-state index contributed by atoms with van der Waals surface area (Å²) >= 11 is 7.10. The van der Waals surface area contributed by atoms with Crippen LogP contribution in [-0.4, -0.2) is 21.8 Å². The van der Waals surface area contributed by atoms with E-state index in [2.05, 4.69) is 0 Å². The van der Waals surface area contributed by atoms with Gasteiger partial charge in [-0.15, -0.1) is 11.8 Å². The van der Waals surface area contributed by atoms with Crippen molar-refractivity contribution in [2.45, 2.75) is 5.75 Å². The van der Waals surface area contributed by atoms with Crippen LogP contribution in [0.2, 0.25) is 5.02 Å². The van der Waals surface area contributed by atoms with E-state index in [9.17, 15) is 24.1 Å². The first kappa shape index (κ1) is 23.2. The van der Waals surface area contributed by atoms with Gasteiger partial charge in [-0.3, -0.25) is 14.9 Å². The molecule has 0 aliphatic rings. The molecule has 3 rings (SSSR count). The van der Waals surface area contributed by atoms with Crippen LogP contribution in [-0.2, 0) is 5.75 Å². The molecule has 0 atom stereocenters. The molecule has 1 N–H and O–H groups in total. The summed E-state index contributed by atoms with van der Waals surface area (Å²) in [5.41, 5.74) is 0.771. The number of halogens is 2. The summed E-state index contributed by atoms with van der Waals surface area (Å²) in [6.07, 6.45) is 1.44. The predicted molar refractivity (Wildman–Crippen MR) is 122 cm³/mol. The third-order valence-corrected chi connectivity index (χ3v) is 5.73. The maximum Gasteiger partial charge on any atom is 0.335 e. The van der Waals surface area contributed by atoms with E-state index in [0.29, 0.717) is 10.8 Å². The van der Waals surface area contributed by atoms with Crippen molar-refractivity contribution in [3.63, 3.8) is 0 Å². The van der Waals surface area contributed by atoms with Crippen molar-refractivity contribution in [1.82, 2.24) is 0 Å². The Bertz CT molecular complexity index is 1210. The van der Waals surface area contributed by atoms with Crippen molar-refractivity contribution < 1.29 is 24.0 Å². The number of carbonyl (C=O) groups is 2.